The molecule has 0 fully saturated rings. The van der Waals surface area contributed by atoms with Crippen LogP contribution in [0.15, 0.2) is 24.3 Å². The van der Waals surface area contributed by atoms with Crippen LogP contribution in [0.2, 0.25) is 0 Å². The number of hydrogen-bond acceptors (Lipinski definition) is 4. The summed E-state index contributed by atoms with van der Waals surface area (Å²) in [5, 5.41) is 17.3. The maximum atomic E-state index is 8.77. The standard InChI is InChI=1S/C12H16N2O2/c1-14(5-7-16-8-6-15)12-4-2-3-11(9-12)10-13/h2-4,9,15H,5-8H2,1H3. The van der Waals surface area contributed by atoms with E-state index in [9.17, 15) is 0 Å². The molecule has 0 amide bonds. The minimum absolute atomic E-state index is 0.0492. The predicted octanol–water partition coefficient (Wildman–Crippen LogP) is 1.00. The van der Waals surface area contributed by atoms with E-state index >= 15 is 0 Å². The van der Waals surface area contributed by atoms with Crippen molar-refractivity contribution in [3.8, 4) is 6.07 Å². The summed E-state index contributed by atoms with van der Waals surface area (Å²) >= 11 is 0. The van der Waals surface area contributed by atoms with E-state index in [0.717, 1.165) is 12.2 Å². The van der Waals surface area contributed by atoms with Crippen LogP contribution < -0.4 is 4.90 Å². The fraction of sp³-hybridized carbons (Fsp3) is 0.417. The smallest absolute Gasteiger partial charge is 0.0992 e. The van der Waals surface area contributed by atoms with Gasteiger partial charge in [0.2, 0.25) is 0 Å². The molecule has 1 aromatic carbocycles. The highest BCUT2D eigenvalue weighted by atomic mass is 16.5. The number of rotatable bonds is 6. The van der Waals surface area contributed by atoms with E-state index in [1.165, 1.54) is 0 Å². The van der Waals surface area contributed by atoms with Crippen LogP contribution in [0.3, 0.4) is 0 Å². The monoisotopic (exact) mass is 220 g/mol. The Balaban J connectivity index is 2.46. The van der Waals surface area contributed by atoms with Gasteiger partial charge in [-0.15, -0.1) is 0 Å². The average Bonchev–Trinajstić information content (AvgIpc) is 2.34. The Morgan fingerprint density at radius 1 is 1.44 bits per heavy atom. The third kappa shape index (κ3) is 3.89. The lowest BCUT2D eigenvalue weighted by Gasteiger charge is -2.19. The summed E-state index contributed by atoms with van der Waals surface area (Å²) in [5.41, 5.74) is 1.65. The van der Waals surface area contributed by atoms with E-state index < -0.39 is 0 Å². The van der Waals surface area contributed by atoms with E-state index in [4.69, 9.17) is 15.1 Å². The largest absolute Gasteiger partial charge is 0.394 e. The van der Waals surface area contributed by atoms with Crippen molar-refractivity contribution in [1.29, 1.82) is 5.26 Å². The number of nitriles is 1. The highest BCUT2D eigenvalue weighted by Gasteiger charge is 2.01. The molecule has 0 aliphatic heterocycles. The van der Waals surface area contributed by atoms with Gasteiger partial charge in [-0.1, -0.05) is 6.07 Å². The summed E-state index contributed by atoms with van der Waals surface area (Å²) in [6, 6.07) is 9.54. The van der Waals surface area contributed by atoms with Gasteiger partial charge in [0.1, 0.15) is 0 Å². The molecule has 1 N–H and O–H groups in total. The average molecular weight is 220 g/mol. The molecule has 0 spiro atoms. The van der Waals surface area contributed by atoms with E-state index in [1.54, 1.807) is 6.07 Å². The highest BCUT2D eigenvalue weighted by Crippen LogP contribution is 2.13. The van der Waals surface area contributed by atoms with Crippen molar-refractivity contribution in [2.75, 3.05) is 38.3 Å². The Hall–Kier alpha value is -1.57. The maximum Gasteiger partial charge on any atom is 0.0992 e. The van der Waals surface area contributed by atoms with E-state index in [-0.39, 0.29) is 6.61 Å². The highest BCUT2D eigenvalue weighted by molar-refractivity contribution is 5.50. The van der Waals surface area contributed by atoms with Crippen LogP contribution in [0.1, 0.15) is 5.56 Å². The summed E-state index contributed by atoms with van der Waals surface area (Å²) in [5.74, 6) is 0. The van der Waals surface area contributed by atoms with Gasteiger partial charge in [-0.25, -0.2) is 0 Å². The molecule has 0 aromatic heterocycles. The molecule has 0 aliphatic rings. The summed E-state index contributed by atoms with van der Waals surface area (Å²) in [6.45, 7) is 1.71. The number of hydrogen-bond donors (Lipinski definition) is 1. The number of ether oxygens (including phenoxy) is 1. The Bertz CT molecular complexity index is 360. The molecular formula is C12H16N2O2. The second kappa shape index (κ2) is 6.83. The summed E-state index contributed by atoms with van der Waals surface area (Å²) in [7, 11) is 1.94. The first-order valence-corrected chi connectivity index (χ1v) is 5.18. The summed E-state index contributed by atoms with van der Waals surface area (Å²) in [6.07, 6.45) is 0. The van der Waals surface area contributed by atoms with Crippen molar-refractivity contribution < 1.29 is 9.84 Å². The second-order valence-electron chi connectivity index (χ2n) is 3.42. The van der Waals surface area contributed by atoms with Crippen LogP contribution in [-0.2, 0) is 4.74 Å². The number of nitrogens with zero attached hydrogens (tertiary/aromatic N) is 2. The third-order valence-corrected chi connectivity index (χ3v) is 2.22. The van der Waals surface area contributed by atoms with Gasteiger partial charge in [0.15, 0.2) is 0 Å². The molecule has 0 radical (unpaired) electrons. The normalized spacial score (nSPS) is 9.81. The zero-order valence-corrected chi connectivity index (χ0v) is 9.39. The van der Waals surface area contributed by atoms with Crippen molar-refractivity contribution in [2.24, 2.45) is 0 Å². The van der Waals surface area contributed by atoms with E-state index in [0.29, 0.717) is 18.8 Å². The summed E-state index contributed by atoms with van der Waals surface area (Å²) in [4.78, 5) is 2.01. The van der Waals surface area contributed by atoms with Crippen molar-refractivity contribution in [3.05, 3.63) is 29.8 Å². The SMILES string of the molecule is CN(CCOCCO)c1cccc(C#N)c1. The van der Waals surface area contributed by atoms with Gasteiger partial charge < -0.3 is 14.7 Å². The number of aliphatic hydroxyl groups excluding tert-OH is 1. The lowest BCUT2D eigenvalue weighted by Crippen LogP contribution is -2.23. The number of anilines is 1. The van der Waals surface area contributed by atoms with E-state index in [2.05, 4.69) is 6.07 Å². The fourth-order valence-corrected chi connectivity index (χ4v) is 1.31. The summed E-state index contributed by atoms with van der Waals surface area (Å²) < 4.78 is 5.17. The Morgan fingerprint density at radius 3 is 2.94 bits per heavy atom. The van der Waals surface area contributed by atoms with Crippen LogP contribution in [0.4, 0.5) is 5.69 Å². The van der Waals surface area contributed by atoms with Gasteiger partial charge in [-0.05, 0) is 18.2 Å². The molecule has 4 heteroatoms. The Kier molecular flexibility index (Phi) is 5.34. The van der Waals surface area contributed by atoms with Crippen LogP contribution in [0.5, 0.6) is 0 Å². The minimum Gasteiger partial charge on any atom is -0.394 e. The van der Waals surface area contributed by atoms with Crippen LogP contribution in [-0.4, -0.2) is 38.5 Å². The lowest BCUT2D eigenvalue weighted by molar-refractivity contribution is 0.0971. The molecule has 0 aliphatic carbocycles. The molecule has 0 bridgehead atoms. The third-order valence-electron chi connectivity index (χ3n) is 2.22. The number of benzene rings is 1. The van der Waals surface area contributed by atoms with Gasteiger partial charge in [0.25, 0.3) is 0 Å². The zero-order chi connectivity index (χ0) is 11.8. The molecule has 4 nitrogen and oxygen atoms in total. The molecule has 0 atom stereocenters. The first-order valence-electron chi connectivity index (χ1n) is 5.18. The molecule has 16 heavy (non-hydrogen) atoms. The topological polar surface area (TPSA) is 56.5 Å². The molecular weight excluding hydrogens is 204 g/mol. The van der Waals surface area contributed by atoms with Crippen LogP contribution in [0, 0.1) is 11.3 Å². The fourth-order valence-electron chi connectivity index (χ4n) is 1.31. The van der Waals surface area contributed by atoms with Crippen LogP contribution in [0.25, 0.3) is 0 Å². The Morgan fingerprint density at radius 2 is 2.25 bits per heavy atom. The first kappa shape index (κ1) is 12.5. The van der Waals surface area contributed by atoms with Crippen LogP contribution >= 0.6 is 0 Å². The second-order valence-corrected chi connectivity index (χ2v) is 3.42. The van der Waals surface area contributed by atoms with Crippen molar-refractivity contribution in [3.63, 3.8) is 0 Å². The van der Waals surface area contributed by atoms with E-state index in [1.807, 2.05) is 30.1 Å². The molecule has 1 rings (SSSR count). The zero-order valence-electron chi connectivity index (χ0n) is 9.39. The van der Waals surface area contributed by atoms with Gasteiger partial charge in [-0.2, -0.15) is 5.26 Å². The van der Waals surface area contributed by atoms with Crippen molar-refractivity contribution in [1.82, 2.24) is 0 Å². The van der Waals surface area contributed by atoms with Gasteiger partial charge in [-0.3, -0.25) is 0 Å². The molecule has 0 saturated carbocycles. The maximum absolute atomic E-state index is 8.77. The first-order chi connectivity index (χ1) is 7.77. The molecule has 0 heterocycles. The minimum atomic E-state index is 0.0492. The quantitative estimate of drug-likeness (QED) is 0.727. The molecule has 1 aromatic rings. The van der Waals surface area contributed by atoms with Crippen molar-refractivity contribution in [2.45, 2.75) is 0 Å². The van der Waals surface area contributed by atoms with Gasteiger partial charge >= 0.3 is 0 Å². The molecule has 86 valence electrons. The molecule has 0 unspecified atom stereocenters. The van der Waals surface area contributed by atoms with Gasteiger partial charge in [0, 0.05) is 19.3 Å². The Labute approximate surface area is 95.7 Å². The molecule has 0 saturated heterocycles. The van der Waals surface area contributed by atoms with Crippen molar-refractivity contribution >= 4 is 5.69 Å². The van der Waals surface area contributed by atoms with Gasteiger partial charge in [0.05, 0.1) is 31.5 Å². The number of aliphatic hydroxyl groups is 1. The lowest BCUT2D eigenvalue weighted by atomic mass is 10.2. The predicted molar refractivity (Wildman–Crippen MR) is 62.3 cm³/mol. The number of likely N-dealkylation sites (N-methyl/N-ethyl adjacent to an activating group) is 1.